The van der Waals surface area contributed by atoms with Gasteiger partial charge in [-0.3, -0.25) is 28.9 Å². The number of phenolic OH excluding ortho intramolecular Hbond substituents is 1. The molecule has 11 nitrogen and oxygen atoms in total. The van der Waals surface area contributed by atoms with Gasteiger partial charge in [-0.15, -0.1) is 0 Å². The first kappa shape index (κ1) is 33.5. The molecule has 0 spiro atoms. The summed E-state index contributed by atoms with van der Waals surface area (Å²) in [7, 11) is 2.82. The van der Waals surface area contributed by atoms with Crippen LogP contribution in [-0.2, 0) is 24.0 Å². The zero-order valence-electron chi connectivity index (χ0n) is 26.7. The molecular weight excluding hydrogens is 647 g/mol. The van der Waals surface area contributed by atoms with Crippen molar-refractivity contribution in [3.63, 3.8) is 0 Å². The third-order valence-electron chi connectivity index (χ3n) is 10.6. The molecule has 2 N–H and O–H groups in total. The number of likely N-dealkylation sites (tertiary alicyclic amines) is 1. The second kappa shape index (κ2) is 12.5. The average molecular weight is 683 g/mol. The summed E-state index contributed by atoms with van der Waals surface area (Å²) in [5.74, 6) is -6.98. The van der Waals surface area contributed by atoms with Gasteiger partial charge in [-0.1, -0.05) is 29.7 Å². The average Bonchev–Trinajstić information content (AvgIpc) is 3.41. The number of halogens is 2. The first-order valence-corrected chi connectivity index (χ1v) is 16.3. The number of amides is 4. The number of nitrogens with zero attached hydrogens (tertiary/aromatic N) is 2. The van der Waals surface area contributed by atoms with Gasteiger partial charge in [-0.25, -0.2) is 9.29 Å². The lowest BCUT2D eigenvalue weighted by molar-refractivity contribution is -0.141. The number of carbonyl (C=O) groups is 5. The SMILES string of the molecule is COc1cc(O)cc(OC)c1C1C2=CCC3C(=O)N(CCCCCC(=O)O)C(=O)C3C2CC2C(=O)N(c3ccc(F)c(Cl)c3)C(=O)C21C. The molecule has 6 atom stereocenters. The van der Waals surface area contributed by atoms with E-state index in [1.54, 1.807) is 6.92 Å². The molecule has 3 fully saturated rings. The summed E-state index contributed by atoms with van der Waals surface area (Å²) >= 11 is 6.07. The number of methoxy groups -OCH3 is 2. The van der Waals surface area contributed by atoms with Gasteiger partial charge in [0, 0.05) is 36.6 Å². The lowest BCUT2D eigenvalue weighted by Crippen LogP contribution is -2.49. The number of carboxylic acid groups (broad SMARTS) is 1. The monoisotopic (exact) mass is 682 g/mol. The molecule has 254 valence electrons. The van der Waals surface area contributed by atoms with Crippen molar-refractivity contribution in [1.82, 2.24) is 4.90 Å². The molecule has 2 aromatic rings. The van der Waals surface area contributed by atoms with Crippen LogP contribution in [0.4, 0.5) is 10.1 Å². The number of benzene rings is 2. The van der Waals surface area contributed by atoms with E-state index in [0.717, 1.165) is 11.0 Å². The van der Waals surface area contributed by atoms with Crippen LogP contribution in [0.25, 0.3) is 0 Å². The quantitative estimate of drug-likeness (QED) is 0.199. The summed E-state index contributed by atoms with van der Waals surface area (Å²) in [6, 6.07) is 6.39. The van der Waals surface area contributed by atoms with E-state index in [1.165, 1.54) is 43.4 Å². The molecular formula is C35H36ClFN2O9. The molecule has 4 aliphatic rings. The minimum Gasteiger partial charge on any atom is -0.508 e. The van der Waals surface area contributed by atoms with E-state index >= 15 is 0 Å². The van der Waals surface area contributed by atoms with Gasteiger partial charge in [0.1, 0.15) is 23.1 Å². The minimum absolute atomic E-state index is 0.00210. The van der Waals surface area contributed by atoms with Crippen LogP contribution in [0.1, 0.15) is 56.9 Å². The molecule has 2 aromatic carbocycles. The summed E-state index contributed by atoms with van der Waals surface area (Å²) in [4.78, 5) is 69.9. The van der Waals surface area contributed by atoms with Gasteiger partial charge in [0.05, 0.1) is 48.1 Å². The first-order valence-electron chi connectivity index (χ1n) is 15.9. The standard InChI is InChI=1S/C35H36ClFN2O9/c1-35-22(32(44)39(34(35)46)17-8-11-24(37)23(36)13-17)16-21-19(30(35)29-25(47-2)14-18(40)15-26(29)48-3)9-10-20-28(21)33(45)38(31(20)43)12-6-4-5-7-27(41)42/h8-9,11,13-15,20-22,28,30,40H,4-7,10,12,16H2,1-3H3,(H,41,42). The number of aliphatic carboxylic acids is 1. The Bertz CT molecular complexity index is 1740. The van der Waals surface area contributed by atoms with E-state index in [-0.39, 0.29) is 65.6 Å². The zero-order valence-corrected chi connectivity index (χ0v) is 27.5. The van der Waals surface area contributed by atoms with Crippen LogP contribution in [0.2, 0.25) is 5.02 Å². The van der Waals surface area contributed by atoms with Gasteiger partial charge in [0.15, 0.2) is 0 Å². The summed E-state index contributed by atoms with van der Waals surface area (Å²) in [5, 5.41) is 19.2. The number of hydrogen-bond donors (Lipinski definition) is 2. The van der Waals surface area contributed by atoms with Crippen molar-refractivity contribution in [2.24, 2.45) is 29.1 Å². The number of rotatable bonds is 10. The largest absolute Gasteiger partial charge is 0.508 e. The van der Waals surface area contributed by atoms with Crippen LogP contribution in [0, 0.1) is 34.9 Å². The molecule has 2 aliphatic carbocycles. The Morgan fingerprint density at radius 2 is 1.69 bits per heavy atom. The van der Waals surface area contributed by atoms with Gasteiger partial charge in [-0.05, 0) is 56.7 Å². The second-order valence-corrected chi connectivity index (χ2v) is 13.5. The maximum Gasteiger partial charge on any atom is 0.303 e. The fourth-order valence-corrected chi connectivity index (χ4v) is 8.59. The molecule has 0 radical (unpaired) electrons. The number of phenols is 1. The molecule has 0 bridgehead atoms. The van der Waals surface area contributed by atoms with E-state index < -0.39 is 58.6 Å². The van der Waals surface area contributed by atoms with Crippen molar-refractivity contribution in [3.05, 3.63) is 58.4 Å². The maximum atomic E-state index is 14.6. The molecule has 13 heteroatoms. The van der Waals surface area contributed by atoms with Crippen LogP contribution < -0.4 is 14.4 Å². The summed E-state index contributed by atoms with van der Waals surface area (Å²) in [5.41, 5.74) is -0.236. The molecule has 6 unspecified atom stereocenters. The van der Waals surface area contributed by atoms with E-state index in [0.29, 0.717) is 30.4 Å². The zero-order chi connectivity index (χ0) is 34.7. The highest BCUT2D eigenvalue weighted by molar-refractivity contribution is 6.31. The lowest BCUT2D eigenvalue weighted by Gasteiger charge is -2.49. The van der Waals surface area contributed by atoms with E-state index in [9.17, 15) is 33.5 Å². The van der Waals surface area contributed by atoms with Gasteiger partial charge in [-0.2, -0.15) is 0 Å². The summed E-state index contributed by atoms with van der Waals surface area (Å²) < 4.78 is 25.6. The first-order chi connectivity index (χ1) is 22.8. The molecule has 1 saturated carbocycles. The predicted octanol–water partition coefficient (Wildman–Crippen LogP) is 5.08. The smallest absolute Gasteiger partial charge is 0.303 e. The van der Waals surface area contributed by atoms with Crippen molar-refractivity contribution in [2.75, 3.05) is 25.7 Å². The normalized spacial score (nSPS) is 27.9. The second-order valence-electron chi connectivity index (χ2n) is 13.1. The Balaban J connectivity index is 1.45. The number of fused-ring (bicyclic) bond motifs is 4. The summed E-state index contributed by atoms with van der Waals surface area (Å²) in [6.07, 6.45) is 3.65. The molecule has 2 heterocycles. The van der Waals surface area contributed by atoms with Crippen molar-refractivity contribution in [2.45, 2.75) is 51.4 Å². The van der Waals surface area contributed by atoms with E-state index in [1.807, 2.05) is 6.08 Å². The van der Waals surface area contributed by atoms with Crippen LogP contribution in [-0.4, -0.2) is 65.5 Å². The third-order valence-corrected chi connectivity index (χ3v) is 10.9. The van der Waals surface area contributed by atoms with Crippen LogP contribution in [0.3, 0.4) is 0 Å². The number of aromatic hydroxyl groups is 1. The number of allylic oxidation sites excluding steroid dienone is 2. The summed E-state index contributed by atoms with van der Waals surface area (Å²) in [6.45, 7) is 1.85. The van der Waals surface area contributed by atoms with Gasteiger partial charge in [0.2, 0.25) is 23.6 Å². The lowest BCUT2D eigenvalue weighted by atomic mass is 9.51. The van der Waals surface area contributed by atoms with Crippen LogP contribution in [0.5, 0.6) is 17.2 Å². The highest BCUT2D eigenvalue weighted by Gasteiger charge is 2.68. The third kappa shape index (κ3) is 5.12. The molecule has 0 aromatic heterocycles. The number of carboxylic acids is 1. The number of ether oxygens (including phenoxy) is 2. The van der Waals surface area contributed by atoms with E-state index in [2.05, 4.69) is 0 Å². The Hall–Kier alpha value is -4.45. The molecule has 4 amide bonds. The predicted molar refractivity (Wildman–Crippen MR) is 170 cm³/mol. The number of carbonyl (C=O) groups excluding carboxylic acids is 4. The fraction of sp³-hybridized carbons (Fsp3) is 0.457. The van der Waals surface area contributed by atoms with Crippen molar-refractivity contribution < 1.29 is 48.0 Å². The molecule has 6 rings (SSSR count). The number of hydrogen-bond acceptors (Lipinski definition) is 8. The Kier molecular flexibility index (Phi) is 8.74. The number of imide groups is 2. The van der Waals surface area contributed by atoms with Crippen LogP contribution >= 0.6 is 11.6 Å². The van der Waals surface area contributed by atoms with Crippen molar-refractivity contribution in [1.29, 1.82) is 0 Å². The Morgan fingerprint density at radius 1 is 1.00 bits per heavy atom. The Labute approximate surface area is 281 Å². The highest BCUT2D eigenvalue weighted by Crippen LogP contribution is 2.65. The van der Waals surface area contributed by atoms with Gasteiger partial charge in [0.25, 0.3) is 0 Å². The fourth-order valence-electron chi connectivity index (χ4n) is 8.41. The van der Waals surface area contributed by atoms with Crippen LogP contribution in [0.15, 0.2) is 42.0 Å². The van der Waals surface area contributed by atoms with Crippen molar-refractivity contribution >= 4 is 46.9 Å². The van der Waals surface area contributed by atoms with Crippen molar-refractivity contribution in [3.8, 4) is 17.2 Å². The number of anilines is 1. The Morgan fingerprint density at radius 3 is 2.31 bits per heavy atom. The van der Waals surface area contributed by atoms with Gasteiger partial charge >= 0.3 is 5.97 Å². The molecule has 48 heavy (non-hydrogen) atoms. The van der Waals surface area contributed by atoms with Gasteiger partial charge < -0.3 is 19.7 Å². The number of unbranched alkanes of at least 4 members (excludes halogenated alkanes) is 2. The molecule has 2 aliphatic heterocycles. The van der Waals surface area contributed by atoms with E-state index in [4.69, 9.17) is 26.2 Å². The molecule has 2 saturated heterocycles. The minimum atomic E-state index is -1.44. The topological polar surface area (TPSA) is 151 Å². The maximum absolute atomic E-state index is 14.6. The highest BCUT2D eigenvalue weighted by atomic mass is 35.5.